The van der Waals surface area contributed by atoms with Crippen LogP contribution in [0.15, 0.2) is 18.3 Å². The molecule has 0 bridgehead atoms. The maximum atomic E-state index is 11.8. The molecule has 1 heterocycles. The average Bonchev–Trinajstić information content (AvgIpc) is 2.69. The highest BCUT2D eigenvalue weighted by Gasteiger charge is 2.31. The highest BCUT2D eigenvalue weighted by atomic mass is 16.4. The highest BCUT2D eigenvalue weighted by molar-refractivity contribution is 5.90. The van der Waals surface area contributed by atoms with E-state index in [4.69, 9.17) is 5.11 Å². The van der Waals surface area contributed by atoms with Crippen molar-refractivity contribution < 1.29 is 14.7 Å². The summed E-state index contributed by atoms with van der Waals surface area (Å²) in [7, 11) is 0. The smallest absolute Gasteiger partial charge is 0.354 e. The van der Waals surface area contributed by atoms with Crippen LogP contribution in [0.25, 0.3) is 0 Å². The van der Waals surface area contributed by atoms with Crippen LogP contribution >= 0.6 is 0 Å². The lowest BCUT2D eigenvalue weighted by atomic mass is 9.92. The fourth-order valence-electron chi connectivity index (χ4n) is 2.51. The third-order valence-corrected chi connectivity index (χ3v) is 3.54. The molecule has 0 saturated heterocycles. The van der Waals surface area contributed by atoms with E-state index in [0.29, 0.717) is 5.69 Å². The van der Waals surface area contributed by atoms with Crippen molar-refractivity contribution >= 4 is 17.7 Å². The molecule has 0 aliphatic heterocycles. The standard InChI is InChI=1S/C14H19N3O3/c1-14(2)6-5-9(7-14)16-13(20)17-10-3-4-11(12(18)19)15-8-10/h3-4,8-9H,5-7H2,1-2H3,(H,18,19)(H2,16,17,20). The van der Waals surface area contributed by atoms with Crippen molar-refractivity contribution in [3.63, 3.8) is 0 Å². The van der Waals surface area contributed by atoms with E-state index >= 15 is 0 Å². The van der Waals surface area contributed by atoms with E-state index in [-0.39, 0.29) is 23.2 Å². The van der Waals surface area contributed by atoms with Gasteiger partial charge in [0.1, 0.15) is 5.69 Å². The number of aromatic carboxylic acids is 1. The van der Waals surface area contributed by atoms with Crippen LogP contribution in [0, 0.1) is 5.41 Å². The SMILES string of the molecule is CC1(C)CCC(NC(=O)Nc2ccc(C(=O)O)nc2)C1. The Morgan fingerprint density at radius 2 is 2.15 bits per heavy atom. The number of carbonyl (C=O) groups excluding carboxylic acids is 1. The first-order valence-corrected chi connectivity index (χ1v) is 6.63. The second-order valence-corrected chi connectivity index (χ2v) is 5.94. The molecule has 1 aromatic rings. The summed E-state index contributed by atoms with van der Waals surface area (Å²) in [6, 6.07) is 2.79. The Kier molecular flexibility index (Phi) is 3.92. The van der Waals surface area contributed by atoms with Gasteiger partial charge in [-0.15, -0.1) is 0 Å². The van der Waals surface area contributed by atoms with Crippen LogP contribution in [0.5, 0.6) is 0 Å². The van der Waals surface area contributed by atoms with E-state index in [9.17, 15) is 9.59 Å². The number of nitrogens with one attached hydrogen (secondary N) is 2. The Bertz CT molecular complexity index is 511. The summed E-state index contributed by atoms with van der Waals surface area (Å²) in [5, 5.41) is 14.3. The molecule has 1 aromatic heterocycles. The van der Waals surface area contributed by atoms with Crippen LogP contribution in [-0.2, 0) is 0 Å². The van der Waals surface area contributed by atoms with E-state index < -0.39 is 5.97 Å². The third kappa shape index (κ3) is 3.69. The van der Waals surface area contributed by atoms with Gasteiger partial charge < -0.3 is 15.7 Å². The molecule has 1 atom stereocenters. The molecule has 0 aromatic carbocycles. The molecular formula is C14H19N3O3. The zero-order valence-electron chi connectivity index (χ0n) is 11.6. The maximum Gasteiger partial charge on any atom is 0.354 e. The fourth-order valence-corrected chi connectivity index (χ4v) is 2.51. The van der Waals surface area contributed by atoms with Crippen LogP contribution in [-0.4, -0.2) is 28.1 Å². The van der Waals surface area contributed by atoms with Crippen LogP contribution in [0.4, 0.5) is 10.5 Å². The van der Waals surface area contributed by atoms with Gasteiger partial charge in [0.15, 0.2) is 0 Å². The number of carboxylic acid groups (broad SMARTS) is 1. The van der Waals surface area contributed by atoms with Gasteiger partial charge in [0.25, 0.3) is 0 Å². The summed E-state index contributed by atoms with van der Waals surface area (Å²) in [6.07, 6.45) is 4.39. The summed E-state index contributed by atoms with van der Waals surface area (Å²) in [6.45, 7) is 4.39. The number of hydrogen-bond donors (Lipinski definition) is 3. The van der Waals surface area contributed by atoms with Crippen molar-refractivity contribution in [1.29, 1.82) is 0 Å². The summed E-state index contributed by atoms with van der Waals surface area (Å²) in [5.74, 6) is -1.09. The molecule has 2 rings (SSSR count). The van der Waals surface area contributed by atoms with E-state index in [1.54, 1.807) is 0 Å². The average molecular weight is 277 g/mol. The topological polar surface area (TPSA) is 91.3 Å². The number of aromatic nitrogens is 1. The number of amides is 2. The minimum Gasteiger partial charge on any atom is -0.477 e. The van der Waals surface area contributed by atoms with Gasteiger partial charge in [-0.05, 0) is 36.8 Å². The Hall–Kier alpha value is -2.11. The van der Waals surface area contributed by atoms with Gasteiger partial charge in [-0.2, -0.15) is 0 Å². The second-order valence-electron chi connectivity index (χ2n) is 5.94. The number of hydrogen-bond acceptors (Lipinski definition) is 3. The zero-order valence-corrected chi connectivity index (χ0v) is 11.6. The molecule has 1 unspecified atom stereocenters. The minimum atomic E-state index is -1.09. The monoisotopic (exact) mass is 277 g/mol. The molecule has 1 saturated carbocycles. The first kappa shape index (κ1) is 14.3. The van der Waals surface area contributed by atoms with Gasteiger partial charge in [0.2, 0.25) is 0 Å². The van der Waals surface area contributed by atoms with Crippen molar-refractivity contribution in [2.45, 2.75) is 39.2 Å². The minimum absolute atomic E-state index is 0.0477. The number of nitrogens with zero attached hydrogens (tertiary/aromatic N) is 1. The first-order chi connectivity index (χ1) is 9.35. The lowest BCUT2D eigenvalue weighted by Gasteiger charge is -2.18. The lowest BCUT2D eigenvalue weighted by molar-refractivity contribution is 0.0690. The predicted molar refractivity (Wildman–Crippen MR) is 74.8 cm³/mol. The van der Waals surface area contributed by atoms with E-state index in [0.717, 1.165) is 19.3 Å². The summed E-state index contributed by atoms with van der Waals surface area (Å²) in [4.78, 5) is 26.2. The number of anilines is 1. The predicted octanol–water partition coefficient (Wildman–Crippen LogP) is 2.48. The van der Waals surface area contributed by atoms with Crippen LogP contribution in [0.1, 0.15) is 43.6 Å². The van der Waals surface area contributed by atoms with E-state index in [1.807, 2.05) is 0 Å². The first-order valence-electron chi connectivity index (χ1n) is 6.63. The zero-order chi connectivity index (χ0) is 14.8. The normalized spacial score (nSPS) is 20.4. The van der Waals surface area contributed by atoms with Crippen LogP contribution in [0.2, 0.25) is 0 Å². The molecule has 2 amide bonds. The van der Waals surface area contributed by atoms with Crippen molar-refractivity contribution in [2.24, 2.45) is 5.41 Å². The van der Waals surface area contributed by atoms with Gasteiger partial charge in [-0.1, -0.05) is 13.8 Å². The summed E-state index contributed by atoms with van der Waals surface area (Å²) >= 11 is 0. The van der Waals surface area contributed by atoms with E-state index in [1.165, 1.54) is 18.3 Å². The maximum absolute atomic E-state index is 11.8. The van der Waals surface area contributed by atoms with Crippen LogP contribution in [0.3, 0.4) is 0 Å². The molecular weight excluding hydrogens is 258 g/mol. The Morgan fingerprint density at radius 3 is 2.65 bits per heavy atom. The van der Waals surface area contributed by atoms with Crippen molar-refractivity contribution in [3.8, 4) is 0 Å². The molecule has 20 heavy (non-hydrogen) atoms. The summed E-state index contributed by atoms with van der Waals surface area (Å²) in [5.41, 5.74) is 0.709. The fraction of sp³-hybridized carbons (Fsp3) is 0.500. The van der Waals surface area contributed by atoms with Crippen molar-refractivity contribution in [2.75, 3.05) is 5.32 Å². The number of rotatable bonds is 3. The number of carboxylic acids is 1. The molecule has 3 N–H and O–H groups in total. The van der Waals surface area contributed by atoms with Gasteiger partial charge >= 0.3 is 12.0 Å². The number of pyridine rings is 1. The second kappa shape index (κ2) is 5.48. The van der Waals surface area contributed by atoms with Crippen molar-refractivity contribution in [1.82, 2.24) is 10.3 Å². The number of carbonyl (C=O) groups is 2. The Morgan fingerprint density at radius 1 is 1.40 bits per heavy atom. The molecule has 0 radical (unpaired) electrons. The van der Waals surface area contributed by atoms with Gasteiger partial charge in [0.05, 0.1) is 11.9 Å². The third-order valence-electron chi connectivity index (χ3n) is 3.54. The largest absolute Gasteiger partial charge is 0.477 e. The molecule has 1 aliphatic carbocycles. The molecule has 1 fully saturated rings. The van der Waals surface area contributed by atoms with Gasteiger partial charge in [-0.25, -0.2) is 14.6 Å². The van der Waals surface area contributed by atoms with Gasteiger partial charge in [0, 0.05) is 6.04 Å². The molecule has 0 spiro atoms. The molecule has 108 valence electrons. The molecule has 6 heteroatoms. The quantitative estimate of drug-likeness (QED) is 0.791. The van der Waals surface area contributed by atoms with Crippen molar-refractivity contribution in [3.05, 3.63) is 24.0 Å². The van der Waals surface area contributed by atoms with Gasteiger partial charge in [-0.3, -0.25) is 0 Å². The Labute approximate surface area is 117 Å². The molecule has 6 nitrogen and oxygen atoms in total. The highest BCUT2D eigenvalue weighted by Crippen LogP contribution is 2.36. The summed E-state index contributed by atoms with van der Waals surface area (Å²) < 4.78 is 0. The van der Waals surface area contributed by atoms with Crippen LogP contribution < -0.4 is 10.6 Å². The lowest BCUT2D eigenvalue weighted by Crippen LogP contribution is -2.36. The Balaban J connectivity index is 1.87. The molecule has 1 aliphatic rings. The number of urea groups is 1. The van der Waals surface area contributed by atoms with E-state index in [2.05, 4.69) is 29.5 Å².